The van der Waals surface area contributed by atoms with Crippen LogP contribution in [0.15, 0.2) is 235 Å². The molecule has 0 unspecified atom stereocenters. The average Bonchev–Trinajstić information content (AvgIpc) is 4.05. The monoisotopic (exact) mass is 1110 g/mol. The molecule has 0 aliphatic carbocycles. The van der Waals surface area contributed by atoms with Crippen LogP contribution in [0.2, 0.25) is 0 Å². The number of nitro benzene ring substituents is 2. The molecule has 0 bridgehead atoms. The van der Waals surface area contributed by atoms with E-state index in [2.05, 4.69) is 57.6 Å². The Balaban J connectivity index is 0.000000206. The molecule has 17 heteroatoms. The molecule has 75 heavy (non-hydrogen) atoms. The van der Waals surface area contributed by atoms with Crippen LogP contribution in [0, 0.1) is 20.2 Å². The molecule has 14 nitrogen and oxygen atoms in total. The summed E-state index contributed by atoms with van der Waals surface area (Å²) in [7, 11) is 0. The zero-order valence-corrected chi connectivity index (χ0v) is 43.8. The van der Waals surface area contributed by atoms with Gasteiger partial charge in [-0.3, -0.25) is 25.1 Å². The maximum atomic E-state index is 12.7. The van der Waals surface area contributed by atoms with Crippen LogP contribution < -0.4 is 10.2 Å². The van der Waals surface area contributed by atoms with Gasteiger partial charge >= 0.3 is 12.2 Å². The first-order valence-electron chi connectivity index (χ1n) is 23.2. The van der Waals surface area contributed by atoms with Gasteiger partial charge in [0.15, 0.2) is 0 Å². The molecule has 2 heterocycles. The van der Waals surface area contributed by atoms with Crippen LogP contribution in [0.3, 0.4) is 0 Å². The summed E-state index contributed by atoms with van der Waals surface area (Å²) >= 11 is 3.17. The van der Waals surface area contributed by atoms with Crippen LogP contribution in [0.4, 0.5) is 26.7 Å². The first-order chi connectivity index (χ1) is 35.6. The van der Waals surface area contributed by atoms with Crippen LogP contribution >= 0.6 is 42.9 Å². The molecule has 2 aliphatic rings. The van der Waals surface area contributed by atoms with E-state index in [0.29, 0.717) is 12.2 Å². The quantitative estimate of drug-likeness (QED) is 0.0591. The van der Waals surface area contributed by atoms with Gasteiger partial charge in [-0.1, -0.05) is 198 Å². The lowest BCUT2D eigenvalue weighted by Gasteiger charge is -2.36. The molecule has 8 aromatic carbocycles. The fourth-order valence-corrected chi connectivity index (χ4v) is 8.90. The summed E-state index contributed by atoms with van der Waals surface area (Å²) in [4.78, 5) is 45.7. The molecule has 1 N–H and O–H groups in total. The molecule has 2 aliphatic heterocycles. The molecule has 2 saturated heterocycles. The van der Waals surface area contributed by atoms with E-state index in [-0.39, 0.29) is 64.2 Å². The maximum Gasteiger partial charge on any atom is 0.414 e. The van der Waals surface area contributed by atoms with Gasteiger partial charge in [0.1, 0.15) is 23.4 Å². The summed E-state index contributed by atoms with van der Waals surface area (Å²) in [6, 6.07) is 72.4. The minimum Gasteiger partial charge on any atom is -0.442 e. The number of carbonyl (C=O) groups is 2. The van der Waals surface area contributed by atoms with Crippen molar-refractivity contribution in [2.45, 2.75) is 23.4 Å². The minimum atomic E-state index is -0.920. The Kier molecular flexibility index (Phi) is 20.3. The molecular formula is C58H53BrN4O10S2. The number of carbonyl (C=O) groups excluding carboxylic acids is 2. The Bertz CT molecular complexity index is 2870. The summed E-state index contributed by atoms with van der Waals surface area (Å²) in [5.41, 5.74) is 4.85. The lowest BCUT2D eigenvalue weighted by Crippen LogP contribution is -2.36. The largest absolute Gasteiger partial charge is 0.442 e. The van der Waals surface area contributed by atoms with Gasteiger partial charge in [-0.05, 0) is 57.6 Å². The first-order valence-corrected chi connectivity index (χ1v) is 24.0. The predicted octanol–water partition coefficient (Wildman–Crippen LogP) is 12.6. The van der Waals surface area contributed by atoms with Gasteiger partial charge in [0.25, 0.3) is 11.4 Å². The molecule has 0 radical (unpaired) electrons. The number of amides is 2. The van der Waals surface area contributed by atoms with Crippen molar-refractivity contribution in [2.24, 2.45) is 0 Å². The maximum absolute atomic E-state index is 12.7. The first kappa shape index (κ1) is 56.5. The van der Waals surface area contributed by atoms with E-state index < -0.39 is 39.3 Å². The van der Waals surface area contributed by atoms with Crippen molar-refractivity contribution in [3.63, 3.8) is 0 Å². The van der Waals surface area contributed by atoms with Crippen LogP contribution in [-0.4, -0.2) is 60.5 Å². The van der Waals surface area contributed by atoms with Crippen molar-refractivity contribution < 1.29 is 38.4 Å². The van der Waals surface area contributed by atoms with Crippen LogP contribution in [0.25, 0.3) is 0 Å². The Morgan fingerprint density at radius 1 is 0.493 bits per heavy atom. The number of hydrogen-bond acceptors (Lipinski definition) is 10. The van der Waals surface area contributed by atoms with Crippen molar-refractivity contribution in [3.05, 3.63) is 289 Å². The second-order valence-electron chi connectivity index (χ2n) is 16.7. The van der Waals surface area contributed by atoms with Gasteiger partial charge in [0.2, 0.25) is 0 Å². The normalized spacial score (nSPS) is 14.7. The Morgan fingerprint density at radius 3 is 1.12 bits per heavy atom. The number of benzene rings is 8. The van der Waals surface area contributed by atoms with Crippen molar-refractivity contribution in [2.75, 3.05) is 31.2 Å². The van der Waals surface area contributed by atoms with Crippen LogP contribution in [-0.2, 0) is 30.1 Å². The third-order valence-corrected chi connectivity index (χ3v) is 12.6. The Morgan fingerprint density at radius 2 is 0.813 bits per heavy atom. The molecule has 384 valence electrons. The van der Waals surface area contributed by atoms with E-state index >= 15 is 0 Å². The van der Waals surface area contributed by atoms with Crippen molar-refractivity contribution in [1.82, 2.24) is 5.32 Å². The smallest absolute Gasteiger partial charge is 0.414 e. The zero-order chi connectivity index (χ0) is 51.0. The van der Waals surface area contributed by atoms with Gasteiger partial charge in [-0.15, -0.1) is 0 Å². The highest BCUT2D eigenvalue weighted by Crippen LogP contribution is 2.42. The van der Waals surface area contributed by atoms with E-state index in [1.54, 1.807) is 24.3 Å². The lowest BCUT2D eigenvalue weighted by molar-refractivity contribution is -0.385. The van der Waals surface area contributed by atoms with Gasteiger partial charge in [-0.25, -0.2) is 9.59 Å². The van der Waals surface area contributed by atoms with E-state index in [1.165, 1.54) is 29.2 Å². The Labute approximate surface area is 456 Å². The molecule has 2 atom stereocenters. The summed E-state index contributed by atoms with van der Waals surface area (Å²) in [6.07, 6.45) is -1.74. The van der Waals surface area contributed by atoms with Gasteiger partial charge in [0.05, 0.1) is 36.1 Å². The fraction of sp³-hybridized carbons (Fsp3) is 0.138. The zero-order valence-electron chi connectivity index (χ0n) is 40.2. The second-order valence-corrected chi connectivity index (χ2v) is 17.6. The number of non-ortho nitro benzene ring substituents is 2. The summed E-state index contributed by atoms with van der Waals surface area (Å²) in [5, 5.41) is 23.8. The standard InChI is InChI=1S/C29H24N2O5.C23H21NO3.C6H4BrNO2.2H2S/c32-28-30(25-16-18-26(19-17-25)31(33)34)20-27(36-28)21-35-29(22-10-4-1-5-11-22,23-12-6-2-7-13-23)24-14-8-3-9-15-24;25-22-24-16-21(27-22)17-26-23(18-10-4-1-5-11-18,19-12-6-2-7-13-19)20-14-8-3-9-15-20;7-5-1-3-6(4-2-5)8(9)10;;/h1-19,27H,20-21H2;1-15,21H,16-17H2,(H,24,25);1-4H;2*1H2/t27-;21-;;;/m00.../s1. The van der Waals surface area contributed by atoms with Crippen LogP contribution in [0.1, 0.15) is 33.4 Å². The second kappa shape index (κ2) is 26.9. The molecule has 0 aromatic heterocycles. The number of alkyl carbamates (subject to hydrolysis) is 1. The van der Waals surface area contributed by atoms with Crippen molar-refractivity contribution >= 4 is 72.2 Å². The number of nitrogens with zero attached hydrogens (tertiary/aromatic N) is 3. The molecule has 2 amide bonds. The highest BCUT2D eigenvalue weighted by atomic mass is 79.9. The highest BCUT2D eigenvalue weighted by Gasteiger charge is 2.42. The van der Waals surface area contributed by atoms with E-state index in [1.807, 2.05) is 146 Å². The topological polar surface area (TPSA) is 173 Å². The van der Waals surface area contributed by atoms with Gasteiger partial charge < -0.3 is 24.3 Å². The van der Waals surface area contributed by atoms with Crippen molar-refractivity contribution in [1.29, 1.82) is 0 Å². The summed E-state index contributed by atoms with van der Waals surface area (Å²) < 4.78 is 25.1. The average molecular weight is 1110 g/mol. The number of nitrogens with one attached hydrogen (secondary N) is 1. The van der Waals surface area contributed by atoms with Crippen molar-refractivity contribution in [3.8, 4) is 0 Å². The summed E-state index contributed by atoms with van der Waals surface area (Å²) in [6.45, 7) is 1.16. The molecule has 0 saturated carbocycles. The van der Waals surface area contributed by atoms with E-state index in [4.69, 9.17) is 18.9 Å². The summed E-state index contributed by atoms with van der Waals surface area (Å²) in [5.74, 6) is 0. The van der Waals surface area contributed by atoms with Gasteiger partial charge in [0, 0.05) is 34.4 Å². The molecule has 2 fully saturated rings. The van der Waals surface area contributed by atoms with E-state index in [9.17, 15) is 29.8 Å². The van der Waals surface area contributed by atoms with Gasteiger partial charge in [-0.2, -0.15) is 27.0 Å². The lowest BCUT2D eigenvalue weighted by atomic mass is 9.80. The number of hydrogen-bond donors (Lipinski definition) is 1. The number of rotatable bonds is 15. The molecular weight excluding hydrogens is 1060 g/mol. The molecule has 8 aromatic rings. The number of nitro groups is 2. The highest BCUT2D eigenvalue weighted by molar-refractivity contribution is 9.10. The third kappa shape index (κ3) is 13.7. The third-order valence-electron chi connectivity index (χ3n) is 12.1. The SMILES string of the molecule is O=C1NC[C@@H](COC(c2ccccc2)(c2ccccc2)c2ccccc2)O1.O=C1O[C@H](COC(c2ccccc2)(c2ccccc2)c2ccccc2)CN1c1ccc([N+](=O)[O-])cc1.O=[N+]([O-])c1ccc(Br)cc1.S.S. The molecule has 0 spiro atoms. The Hall–Kier alpha value is -7.80. The number of ether oxygens (including phenoxy) is 4. The molecule has 10 rings (SSSR count). The van der Waals surface area contributed by atoms with Crippen LogP contribution in [0.5, 0.6) is 0 Å². The fourth-order valence-electron chi connectivity index (χ4n) is 8.63. The predicted molar refractivity (Wildman–Crippen MR) is 301 cm³/mol. The minimum absolute atomic E-state index is 0. The number of anilines is 1. The van der Waals surface area contributed by atoms with E-state index in [0.717, 1.165) is 37.9 Å². The number of cyclic esters (lactones) is 2. The number of halogens is 1.